The molecule has 3 aromatic carbocycles. The van der Waals surface area contributed by atoms with Crippen molar-refractivity contribution >= 4 is 28.5 Å². The highest BCUT2D eigenvalue weighted by atomic mass is 127. The third-order valence-electron chi connectivity index (χ3n) is 3.65. The number of carbonyl (C=O) groups is 1. The van der Waals surface area contributed by atoms with E-state index in [-0.39, 0.29) is 11.9 Å². The Morgan fingerprint density at radius 2 is 1.22 bits per heavy atom. The number of amides is 1. The highest BCUT2D eigenvalue weighted by Crippen LogP contribution is 2.22. The predicted molar refractivity (Wildman–Crippen MR) is 101 cm³/mol. The lowest BCUT2D eigenvalue weighted by Crippen LogP contribution is -2.29. The van der Waals surface area contributed by atoms with Gasteiger partial charge in [0.1, 0.15) is 0 Å². The highest BCUT2D eigenvalue weighted by molar-refractivity contribution is 14.1. The molecule has 0 saturated carbocycles. The van der Waals surface area contributed by atoms with Crippen LogP contribution in [-0.2, 0) is 0 Å². The second-order valence-corrected chi connectivity index (χ2v) is 6.48. The number of nitrogens with one attached hydrogen (secondary N) is 1. The largest absolute Gasteiger partial charge is 0.341 e. The topological polar surface area (TPSA) is 29.1 Å². The van der Waals surface area contributed by atoms with Crippen LogP contribution in [0.15, 0.2) is 84.9 Å². The summed E-state index contributed by atoms with van der Waals surface area (Å²) in [6.07, 6.45) is 0. The average molecular weight is 413 g/mol. The van der Waals surface area contributed by atoms with Crippen LogP contribution in [0.25, 0.3) is 0 Å². The first-order chi connectivity index (χ1) is 11.2. The van der Waals surface area contributed by atoms with Crippen LogP contribution in [0.3, 0.4) is 0 Å². The Morgan fingerprint density at radius 3 is 1.70 bits per heavy atom. The summed E-state index contributed by atoms with van der Waals surface area (Å²) < 4.78 is 1.11. The minimum absolute atomic E-state index is 0.0703. The second-order valence-electron chi connectivity index (χ2n) is 5.23. The lowest BCUT2D eigenvalue weighted by molar-refractivity contribution is 0.0943. The summed E-state index contributed by atoms with van der Waals surface area (Å²) in [4.78, 5) is 12.6. The fraction of sp³-hybridized carbons (Fsp3) is 0.0500. The van der Waals surface area contributed by atoms with E-state index in [2.05, 4.69) is 27.9 Å². The fourth-order valence-corrected chi connectivity index (χ4v) is 2.83. The van der Waals surface area contributed by atoms with Crippen LogP contribution < -0.4 is 5.32 Å². The molecule has 1 N–H and O–H groups in total. The van der Waals surface area contributed by atoms with Gasteiger partial charge in [0.15, 0.2) is 0 Å². The average Bonchev–Trinajstić information content (AvgIpc) is 2.61. The zero-order chi connectivity index (χ0) is 16.1. The van der Waals surface area contributed by atoms with Crippen molar-refractivity contribution in [3.05, 3.63) is 105 Å². The maximum Gasteiger partial charge on any atom is 0.252 e. The van der Waals surface area contributed by atoms with Crippen molar-refractivity contribution in [2.24, 2.45) is 0 Å². The Balaban J connectivity index is 1.90. The summed E-state index contributed by atoms with van der Waals surface area (Å²) in [5.74, 6) is -0.0703. The first-order valence-electron chi connectivity index (χ1n) is 7.40. The molecule has 0 aliphatic carbocycles. The van der Waals surface area contributed by atoms with E-state index >= 15 is 0 Å². The van der Waals surface area contributed by atoms with Crippen LogP contribution in [0.5, 0.6) is 0 Å². The van der Waals surface area contributed by atoms with Crippen LogP contribution in [0.1, 0.15) is 27.5 Å². The van der Waals surface area contributed by atoms with E-state index in [1.54, 1.807) is 0 Å². The van der Waals surface area contributed by atoms with Gasteiger partial charge in [0.05, 0.1) is 6.04 Å². The molecule has 0 fully saturated rings. The number of benzene rings is 3. The van der Waals surface area contributed by atoms with E-state index in [9.17, 15) is 4.79 Å². The molecule has 0 heterocycles. The van der Waals surface area contributed by atoms with E-state index in [0.717, 1.165) is 14.7 Å². The van der Waals surface area contributed by atoms with Gasteiger partial charge in [-0.1, -0.05) is 60.7 Å². The van der Waals surface area contributed by atoms with Crippen molar-refractivity contribution in [2.45, 2.75) is 6.04 Å². The number of carbonyl (C=O) groups excluding carboxylic acids is 1. The molecule has 0 aromatic heterocycles. The normalized spacial score (nSPS) is 10.5. The summed E-state index contributed by atoms with van der Waals surface area (Å²) in [7, 11) is 0. The van der Waals surface area contributed by atoms with Gasteiger partial charge in [-0.15, -0.1) is 0 Å². The zero-order valence-electron chi connectivity index (χ0n) is 12.4. The third kappa shape index (κ3) is 3.99. The number of hydrogen-bond donors (Lipinski definition) is 1. The maximum absolute atomic E-state index is 12.6. The summed E-state index contributed by atoms with van der Waals surface area (Å²) in [6, 6.07) is 27.5. The minimum atomic E-state index is -0.163. The highest BCUT2D eigenvalue weighted by Gasteiger charge is 2.17. The molecule has 0 atom stereocenters. The molecule has 23 heavy (non-hydrogen) atoms. The summed E-state index contributed by atoms with van der Waals surface area (Å²) in [6.45, 7) is 0. The molecule has 0 radical (unpaired) electrons. The molecule has 0 unspecified atom stereocenters. The van der Waals surface area contributed by atoms with Gasteiger partial charge in [-0.25, -0.2) is 0 Å². The molecular formula is C20H16INO. The summed E-state index contributed by atoms with van der Waals surface area (Å²) in [5.41, 5.74) is 2.80. The second kappa shape index (κ2) is 7.42. The molecule has 0 aliphatic heterocycles. The quantitative estimate of drug-likeness (QED) is 0.612. The summed E-state index contributed by atoms with van der Waals surface area (Å²) >= 11 is 2.23. The molecule has 114 valence electrons. The SMILES string of the molecule is O=C(NC(c1ccccc1)c1ccccc1)c1ccc(I)cc1. The predicted octanol–water partition coefficient (Wildman–Crippen LogP) is 4.81. The van der Waals surface area contributed by atoms with Crippen molar-refractivity contribution in [3.63, 3.8) is 0 Å². The number of halogens is 1. The third-order valence-corrected chi connectivity index (χ3v) is 4.37. The van der Waals surface area contributed by atoms with E-state index in [1.165, 1.54) is 0 Å². The minimum Gasteiger partial charge on any atom is -0.341 e. The van der Waals surface area contributed by atoms with Crippen molar-refractivity contribution in [1.29, 1.82) is 0 Å². The Kier molecular flexibility index (Phi) is 5.08. The molecule has 2 nitrogen and oxygen atoms in total. The van der Waals surface area contributed by atoms with E-state index in [4.69, 9.17) is 0 Å². The van der Waals surface area contributed by atoms with Crippen LogP contribution >= 0.6 is 22.6 Å². The van der Waals surface area contributed by atoms with Crippen LogP contribution in [-0.4, -0.2) is 5.91 Å². The monoisotopic (exact) mass is 413 g/mol. The van der Waals surface area contributed by atoms with Gasteiger partial charge >= 0.3 is 0 Å². The van der Waals surface area contributed by atoms with Gasteiger partial charge in [0, 0.05) is 9.13 Å². The molecular weight excluding hydrogens is 397 g/mol. The van der Waals surface area contributed by atoms with Crippen LogP contribution in [0.4, 0.5) is 0 Å². The number of rotatable bonds is 4. The number of hydrogen-bond acceptors (Lipinski definition) is 1. The smallest absolute Gasteiger partial charge is 0.252 e. The van der Waals surface area contributed by atoms with Crippen molar-refractivity contribution in [3.8, 4) is 0 Å². The Hall–Kier alpha value is -2.14. The van der Waals surface area contributed by atoms with E-state index in [0.29, 0.717) is 5.56 Å². The Labute approximate surface area is 149 Å². The lowest BCUT2D eigenvalue weighted by Gasteiger charge is -2.20. The van der Waals surface area contributed by atoms with Crippen molar-refractivity contribution < 1.29 is 4.79 Å². The van der Waals surface area contributed by atoms with Gasteiger partial charge < -0.3 is 5.32 Å². The summed E-state index contributed by atoms with van der Waals surface area (Å²) in [5, 5.41) is 3.14. The van der Waals surface area contributed by atoms with Gasteiger partial charge in [-0.3, -0.25) is 4.79 Å². The van der Waals surface area contributed by atoms with Crippen molar-refractivity contribution in [2.75, 3.05) is 0 Å². The molecule has 0 bridgehead atoms. The first-order valence-corrected chi connectivity index (χ1v) is 8.48. The molecule has 3 aromatic rings. The van der Waals surface area contributed by atoms with Crippen LogP contribution in [0, 0.1) is 3.57 Å². The van der Waals surface area contributed by atoms with Crippen LogP contribution in [0.2, 0.25) is 0 Å². The van der Waals surface area contributed by atoms with E-state index < -0.39 is 0 Å². The Bertz CT molecular complexity index is 730. The molecule has 3 heteroatoms. The first kappa shape index (κ1) is 15.7. The van der Waals surface area contributed by atoms with Gasteiger partial charge in [-0.05, 0) is 58.0 Å². The molecule has 0 aliphatic rings. The Morgan fingerprint density at radius 1 is 0.739 bits per heavy atom. The van der Waals surface area contributed by atoms with Gasteiger partial charge in [0.2, 0.25) is 0 Å². The maximum atomic E-state index is 12.6. The molecule has 3 rings (SSSR count). The molecule has 0 spiro atoms. The standard InChI is InChI=1S/C20H16INO/c21-18-13-11-17(12-14-18)20(23)22-19(15-7-3-1-4-8-15)16-9-5-2-6-10-16/h1-14,19H,(H,22,23). The molecule has 1 amide bonds. The van der Waals surface area contributed by atoms with Gasteiger partial charge in [0.25, 0.3) is 5.91 Å². The lowest BCUT2D eigenvalue weighted by atomic mass is 9.98. The fourth-order valence-electron chi connectivity index (χ4n) is 2.47. The van der Waals surface area contributed by atoms with Crippen molar-refractivity contribution in [1.82, 2.24) is 5.32 Å². The zero-order valence-corrected chi connectivity index (χ0v) is 14.6. The molecule has 0 saturated heterocycles. The van der Waals surface area contributed by atoms with Gasteiger partial charge in [-0.2, -0.15) is 0 Å². The van der Waals surface area contributed by atoms with E-state index in [1.807, 2.05) is 84.9 Å².